The van der Waals surface area contributed by atoms with E-state index in [1.165, 1.54) is 20.1 Å². The Morgan fingerprint density at radius 2 is 2.42 bits per heavy atom. The highest BCUT2D eigenvalue weighted by Gasteiger charge is 2.19. The summed E-state index contributed by atoms with van der Waals surface area (Å²) in [5.74, 6) is 1.76. The van der Waals surface area contributed by atoms with E-state index in [4.69, 9.17) is 9.15 Å². The quantitative estimate of drug-likeness (QED) is 0.817. The smallest absolute Gasteiger partial charge is 0.341 e. The van der Waals surface area contributed by atoms with Gasteiger partial charge in [-0.3, -0.25) is 0 Å². The number of nitrogens with zero attached hydrogens (tertiary/aromatic N) is 1. The first kappa shape index (κ1) is 14.1. The van der Waals surface area contributed by atoms with Gasteiger partial charge in [0.15, 0.2) is 0 Å². The monoisotopic (exact) mass is 266 g/mol. The van der Waals surface area contributed by atoms with Gasteiger partial charge in [0.05, 0.1) is 13.7 Å². The summed E-state index contributed by atoms with van der Waals surface area (Å²) in [4.78, 5) is 13.8. The topological polar surface area (TPSA) is 54.7 Å². The summed E-state index contributed by atoms with van der Waals surface area (Å²) >= 11 is 0. The van der Waals surface area contributed by atoms with Crippen LogP contribution in [0.15, 0.2) is 10.5 Å². The van der Waals surface area contributed by atoms with E-state index in [1.54, 1.807) is 13.0 Å². The number of methoxy groups -OCH3 is 1. The molecule has 2 rings (SSSR count). The van der Waals surface area contributed by atoms with Crippen molar-refractivity contribution in [2.75, 3.05) is 33.8 Å². The molecule has 0 aliphatic carbocycles. The largest absolute Gasteiger partial charge is 0.465 e. The first-order valence-corrected chi connectivity index (χ1v) is 6.67. The molecule has 1 atom stereocenters. The summed E-state index contributed by atoms with van der Waals surface area (Å²) in [6.45, 7) is 5.74. The Morgan fingerprint density at radius 3 is 3.05 bits per heavy atom. The van der Waals surface area contributed by atoms with Gasteiger partial charge in [-0.05, 0) is 45.5 Å². The highest BCUT2D eigenvalue weighted by atomic mass is 16.5. The van der Waals surface area contributed by atoms with Gasteiger partial charge in [0.25, 0.3) is 0 Å². The zero-order chi connectivity index (χ0) is 13.8. The van der Waals surface area contributed by atoms with Gasteiger partial charge in [-0.25, -0.2) is 4.79 Å². The number of esters is 1. The second-order valence-electron chi connectivity index (χ2n) is 5.22. The van der Waals surface area contributed by atoms with E-state index in [-0.39, 0.29) is 5.97 Å². The van der Waals surface area contributed by atoms with E-state index in [0.29, 0.717) is 23.8 Å². The average molecular weight is 266 g/mol. The van der Waals surface area contributed by atoms with Gasteiger partial charge in [0.2, 0.25) is 0 Å². The number of carbonyl (C=O) groups is 1. The highest BCUT2D eigenvalue weighted by Crippen LogP contribution is 2.16. The van der Waals surface area contributed by atoms with Gasteiger partial charge in [0.1, 0.15) is 17.1 Å². The van der Waals surface area contributed by atoms with E-state index in [1.807, 2.05) is 0 Å². The van der Waals surface area contributed by atoms with Crippen LogP contribution in [0.2, 0.25) is 0 Å². The van der Waals surface area contributed by atoms with Crippen LogP contribution in [0.5, 0.6) is 0 Å². The van der Waals surface area contributed by atoms with Crippen molar-refractivity contribution in [3.8, 4) is 0 Å². The molecule has 5 nitrogen and oxygen atoms in total. The van der Waals surface area contributed by atoms with E-state index < -0.39 is 0 Å². The van der Waals surface area contributed by atoms with Crippen molar-refractivity contribution in [2.45, 2.75) is 19.9 Å². The maximum atomic E-state index is 11.5. The number of hydrogen-bond donors (Lipinski definition) is 1. The fourth-order valence-corrected chi connectivity index (χ4v) is 2.54. The predicted octanol–water partition coefficient (Wildman–Crippen LogP) is 1.42. The number of hydrogen-bond acceptors (Lipinski definition) is 5. The van der Waals surface area contributed by atoms with Crippen molar-refractivity contribution < 1.29 is 13.9 Å². The van der Waals surface area contributed by atoms with Gasteiger partial charge in [-0.15, -0.1) is 0 Å². The molecule has 0 spiro atoms. The fraction of sp³-hybridized carbons (Fsp3) is 0.643. The molecule has 0 amide bonds. The van der Waals surface area contributed by atoms with Crippen LogP contribution in [-0.2, 0) is 11.3 Å². The lowest BCUT2D eigenvalue weighted by Crippen LogP contribution is -2.24. The lowest BCUT2D eigenvalue weighted by molar-refractivity contribution is 0.0599. The molecule has 0 saturated carbocycles. The van der Waals surface area contributed by atoms with E-state index in [9.17, 15) is 4.79 Å². The van der Waals surface area contributed by atoms with Gasteiger partial charge in [-0.1, -0.05) is 0 Å². The summed E-state index contributed by atoms with van der Waals surface area (Å²) in [7, 11) is 3.53. The van der Waals surface area contributed by atoms with Crippen molar-refractivity contribution in [3.63, 3.8) is 0 Å². The van der Waals surface area contributed by atoms with Crippen molar-refractivity contribution >= 4 is 5.97 Å². The Kier molecular flexibility index (Phi) is 4.61. The van der Waals surface area contributed by atoms with Gasteiger partial charge in [0, 0.05) is 6.54 Å². The van der Waals surface area contributed by atoms with Crippen LogP contribution in [0.1, 0.15) is 28.3 Å². The molecule has 1 fully saturated rings. The number of rotatable bonds is 5. The molecule has 1 N–H and O–H groups in total. The Hall–Kier alpha value is -1.33. The molecule has 1 aliphatic heterocycles. The predicted molar refractivity (Wildman–Crippen MR) is 72.1 cm³/mol. The number of nitrogens with one attached hydrogen (secondary N) is 1. The van der Waals surface area contributed by atoms with Crippen LogP contribution < -0.4 is 5.32 Å². The number of furan rings is 1. The molecule has 0 aromatic carbocycles. The molecule has 1 unspecified atom stereocenters. The second-order valence-corrected chi connectivity index (χ2v) is 5.22. The zero-order valence-corrected chi connectivity index (χ0v) is 11.9. The molecule has 2 heterocycles. The average Bonchev–Trinajstić information content (AvgIpc) is 2.95. The molecule has 1 aromatic rings. The summed E-state index contributed by atoms with van der Waals surface area (Å²) in [6, 6.07) is 1.76. The lowest BCUT2D eigenvalue weighted by Gasteiger charge is -2.10. The van der Waals surface area contributed by atoms with Crippen LogP contribution in [0, 0.1) is 12.8 Å². The first-order valence-electron chi connectivity index (χ1n) is 6.67. The van der Waals surface area contributed by atoms with E-state index in [2.05, 4.69) is 17.3 Å². The Morgan fingerprint density at radius 1 is 1.63 bits per heavy atom. The minimum absolute atomic E-state index is 0.343. The molecule has 106 valence electrons. The minimum Gasteiger partial charge on any atom is -0.465 e. The zero-order valence-electron chi connectivity index (χ0n) is 11.9. The molecule has 0 bridgehead atoms. The summed E-state index contributed by atoms with van der Waals surface area (Å²) in [6.07, 6.45) is 1.24. The Bertz CT molecular complexity index is 442. The number of aryl methyl sites for hydroxylation is 1. The summed E-state index contributed by atoms with van der Waals surface area (Å²) in [5, 5.41) is 3.39. The number of ether oxygens (including phenoxy) is 1. The van der Waals surface area contributed by atoms with Crippen molar-refractivity contribution in [1.82, 2.24) is 10.2 Å². The van der Waals surface area contributed by atoms with Gasteiger partial charge >= 0.3 is 5.97 Å². The van der Waals surface area contributed by atoms with Crippen molar-refractivity contribution in [3.05, 3.63) is 23.2 Å². The van der Waals surface area contributed by atoms with Crippen LogP contribution >= 0.6 is 0 Å². The normalized spacial score (nSPS) is 19.8. The molecule has 0 radical (unpaired) electrons. The molecule has 1 aliphatic rings. The lowest BCUT2D eigenvalue weighted by atomic mass is 10.1. The molecular formula is C14H22N2O3. The second kappa shape index (κ2) is 6.21. The number of carbonyl (C=O) groups excluding carboxylic acids is 1. The minimum atomic E-state index is -0.343. The SMILES string of the molecule is COC(=O)c1cc(CNCC2CCN(C)C2)oc1C. The van der Waals surface area contributed by atoms with Crippen LogP contribution in [0.3, 0.4) is 0 Å². The van der Waals surface area contributed by atoms with Crippen LogP contribution in [0.4, 0.5) is 0 Å². The van der Waals surface area contributed by atoms with Gasteiger partial charge in [-0.2, -0.15) is 0 Å². The molecular weight excluding hydrogens is 244 g/mol. The maximum Gasteiger partial charge on any atom is 0.341 e. The fourth-order valence-electron chi connectivity index (χ4n) is 2.54. The van der Waals surface area contributed by atoms with Crippen molar-refractivity contribution in [2.24, 2.45) is 5.92 Å². The summed E-state index contributed by atoms with van der Waals surface area (Å²) in [5.41, 5.74) is 0.514. The molecule has 1 aromatic heterocycles. The first-order chi connectivity index (χ1) is 9.10. The van der Waals surface area contributed by atoms with Crippen molar-refractivity contribution in [1.29, 1.82) is 0 Å². The Labute approximate surface area is 113 Å². The van der Waals surface area contributed by atoms with Crippen LogP contribution in [0.25, 0.3) is 0 Å². The third-order valence-corrected chi connectivity index (χ3v) is 3.60. The summed E-state index contributed by atoms with van der Waals surface area (Å²) < 4.78 is 10.3. The Balaban J connectivity index is 1.81. The maximum absolute atomic E-state index is 11.5. The third kappa shape index (κ3) is 3.58. The van der Waals surface area contributed by atoms with Gasteiger partial charge < -0.3 is 19.4 Å². The highest BCUT2D eigenvalue weighted by molar-refractivity contribution is 5.90. The van der Waals surface area contributed by atoms with E-state index >= 15 is 0 Å². The van der Waals surface area contributed by atoms with Crippen LogP contribution in [-0.4, -0.2) is 44.7 Å². The van der Waals surface area contributed by atoms with E-state index in [0.717, 1.165) is 18.8 Å². The third-order valence-electron chi connectivity index (χ3n) is 3.60. The molecule has 5 heteroatoms. The molecule has 19 heavy (non-hydrogen) atoms. The standard InChI is InChI=1S/C14H22N2O3/c1-10-13(14(17)18-3)6-12(19-10)8-15-7-11-4-5-16(2)9-11/h6,11,15H,4-5,7-9H2,1-3H3. The number of likely N-dealkylation sites (tertiary alicyclic amines) is 1. The molecule has 1 saturated heterocycles.